The molecule has 3 atom stereocenters. The molecule has 3 unspecified atom stereocenters. The van der Waals surface area contributed by atoms with E-state index in [0.717, 1.165) is 12.8 Å². The van der Waals surface area contributed by atoms with Gasteiger partial charge in [0.25, 0.3) is 0 Å². The SMILES string of the molecule is CC(C)C1=C2C3=CC=CCC(O)C3(C)CCC2(C)CC1. The number of fused-ring (bicyclic) bond motifs is 3. The van der Waals surface area contributed by atoms with Crippen molar-refractivity contribution in [2.75, 3.05) is 0 Å². The highest BCUT2D eigenvalue weighted by Gasteiger charge is 2.50. The molecule has 1 saturated carbocycles. The van der Waals surface area contributed by atoms with Gasteiger partial charge in [0.2, 0.25) is 0 Å². The summed E-state index contributed by atoms with van der Waals surface area (Å²) in [7, 11) is 0. The van der Waals surface area contributed by atoms with Crippen LogP contribution in [-0.4, -0.2) is 11.2 Å². The van der Waals surface area contributed by atoms with Crippen LogP contribution in [0.5, 0.6) is 0 Å². The Bertz CT molecular complexity index is 508. The Morgan fingerprint density at radius 3 is 2.65 bits per heavy atom. The maximum Gasteiger partial charge on any atom is 0.0668 e. The molecule has 3 aliphatic carbocycles. The summed E-state index contributed by atoms with van der Waals surface area (Å²) >= 11 is 0. The molecule has 1 nitrogen and oxygen atoms in total. The second-order valence-corrected chi connectivity index (χ2v) is 7.79. The van der Waals surface area contributed by atoms with Crippen LogP contribution in [0.25, 0.3) is 0 Å². The van der Waals surface area contributed by atoms with Gasteiger partial charge in [-0.05, 0) is 54.6 Å². The fraction of sp³-hybridized carbons (Fsp3) is 0.684. The summed E-state index contributed by atoms with van der Waals surface area (Å²) in [6.45, 7) is 9.37. The highest BCUT2D eigenvalue weighted by Crippen LogP contribution is 2.61. The molecule has 1 N–H and O–H groups in total. The predicted molar refractivity (Wildman–Crippen MR) is 84.4 cm³/mol. The molecule has 0 heterocycles. The number of aliphatic hydroxyl groups is 1. The minimum Gasteiger partial charge on any atom is -0.392 e. The number of rotatable bonds is 1. The fourth-order valence-corrected chi connectivity index (χ4v) is 4.58. The van der Waals surface area contributed by atoms with Crippen molar-refractivity contribution in [3.63, 3.8) is 0 Å². The van der Waals surface area contributed by atoms with Crippen molar-refractivity contribution in [2.24, 2.45) is 16.7 Å². The summed E-state index contributed by atoms with van der Waals surface area (Å²) in [6, 6.07) is 0. The quantitative estimate of drug-likeness (QED) is 0.728. The Hall–Kier alpha value is -0.820. The van der Waals surface area contributed by atoms with E-state index in [4.69, 9.17) is 0 Å². The molecule has 1 fully saturated rings. The molecular formula is C19H28O. The van der Waals surface area contributed by atoms with Gasteiger partial charge in [0.05, 0.1) is 6.10 Å². The van der Waals surface area contributed by atoms with Crippen LogP contribution in [-0.2, 0) is 0 Å². The molecule has 20 heavy (non-hydrogen) atoms. The second-order valence-electron chi connectivity index (χ2n) is 7.79. The van der Waals surface area contributed by atoms with Gasteiger partial charge in [0.1, 0.15) is 0 Å². The molecular weight excluding hydrogens is 244 g/mol. The van der Waals surface area contributed by atoms with Crippen molar-refractivity contribution in [2.45, 2.75) is 65.9 Å². The average Bonchev–Trinajstić information content (AvgIpc) is 2.67. The zero-order chi connectivity index (χ0) is 14.5. The van der Waals surface area contributed by atoms with Crippen LogP contribution in [0.2, 0.25) is 0 Å². The number of allylic oxidation sites excluding steroid dienone is 4. The van der Waals surface area contributed by atoms with Crippen LogP contribution < -0.4 is 0 Å². The monoisotopic (exact) mass is 272 g/mol. The zero-order valence-corrected chi connectivity index (χ0v) is 13.4. The first-order valence-electron chi connectivity index (χ1n) is 8.18. The molecule has 3 aliphatic rings. The number of hydrogen-bond acceptors (Lipinski definition) is 1. The van der Waals surface area contributed by atoms with Crippen molar-refractivity contribution >= 4 is 0 Å². The summed E-state index contributed by atoms with van der Waals surface area (Å²) in [5.74, 6) is 0.624. The Kier molecular flexibility index (Phi) is 3.25. The van der Waals surface area contributed by atoms with E-state index in [0.29, 0.717) is 11.3 Å². The van der Waals surface area contributed by atoms with E-state index in [2.05, 4.69) is 45.9 Å². The van der Waals surface area contributed by atoms with E-state index >= 15 is 0 Å². The van der Waals surface area contributed by atoms with E-state index < -0.39 is 0 Å². The molecule has 0 aromatic heterocycles. The normalized spacial score (nSPS) is 40.5. The van der Waals surface area contributed by atoms with Gasteiger partial charge in [-0.3, -0.25) is 0 Å². The van der Waals surface area contributed by atoms with Gasteiger partial charge in [0, 0.05) is 5.41 Å². The highest BCUT2D eigenvalue weighted by molar-refractivity contribution is 5.51. The van der Waals surface area contributed by atoms with Crippen molar-refractivity contribution in [1.29, 1.82) is 0 Å². The van der Waals surface area contributed by atoms with E-state index in [1.54, 1.807) is 11.1 Å². The van der Waals surface area contributed by atoms with Crippen LogP contribution in [0.4, 0.5) is 0 Å². The Morgan fingerprint density at radius 2 is 1.95 bits per heavy atom. The summed E-state index contributed by atoms with van der Waals surface area (Å²) in [6.07, 6.45) is 12.0. The summed E-state index contributed by atoms with van der Waals surface area (Å²) in [4.78, 5) is 0. The van der Waals surface area contributed by atoms with Crippen molar-refractivity contribution < 1.29 is 5.11 Å². The largest absolute Gasteiger partial charge is 0.392 e. The highest BCUT2D eigenvalue weighted by atomic mass is 16.3. The Labute approximate surface area is 123 Å². The van der Waals surface area contributed by atoms with Gasteiger partial charge in [-0.15, -0.1) is 0 Å². The van der Waals surface area contributed by atoms with Crippen LogP contribution in [0.15, 0.2) is 34.9 Å². The van der Waals surface area contributed by atoms with Gasteiger partial charge in [-0.2, -0.15) is 0 Å². The van der Waals surface area contributed by atoms with Crippen molar-refractivity contribution in [1.82, 2.24) is 0 Å². The van der Waals surface area contributed by atoms with Gasteiger partial charge in [-0.25, -0.2) is 0 Å². The lowest BCUT2D eigenvalue weighted by Gasteiger charge is -2.48. The summed E-state index contributed by atoms with van der Waals surface area (Å²) in [5.41, 5.74) is 4.99. The smallest absolute Gasteiger partial charge is 0.0668 e. The molecule has 3 rings (SSSR count). The first-order valence-corrected chi connectivity index (χ1v) is 8.18. The predicted octanol–water partition coefficient (Wildman–Crippen LogP) is 4.79. The van der Waals surface area contributed by atoms with Crippen LogP contribution >= 0.6 is 0 Å². The summed E-state index contributed by atoms with van der Waals surface area (Å²) in [5, 5.41) is 10.7. The Morgan fingerprint density at radius 1 is 1.20 bits per heavy atom. The van der Waals surface area contributed by atoms with E-state index in [9.17, 15) is 5.11 Å². The molecule has 0 bridgehead atoms. The molecule has 110 valence electrons. The average molecular weight is 272 g/mol. The van der Waals surface area contributed by atoms with Gasteiger partial charge < -0.3 is 5.11 Å². The zero-order valence-electron chi connectivity index (χ0n) is 13.4. The number of hydrogen-bond donors (Lipinski definition) is 1. The van der Waals surface area contributed by atoms with E-state index in [-0.39, 0.29) is 11.5 Å². The third kappa shape index (κ3) is 1.86. The molecule has 0 spiro atoms. The lowest BCUT2D eigenvalue weighted by atomic mass is 9.57. The second kappa shape index (κ2) is 4.59. The van der Waals surface area contributed by atoms with Gasteiger partial charge in [0.15, 0.2) is 0 Å². The molecule has 0 aliphatic heterocycles. The minimum absolute atomic E-state index is 0.0528. The molecule has 0 saturated heterocycles. The lowest BCUT2D eigenvalue weighted by Crippen LogP contribution is -2.41. The molecule has 0 amide bonds. The van der Waals surface area contributed by atoms with Crippen molar-refractivity contribution in [3.05, 3.63) is 34.9 Å². The van der Waals surface area contributed by atoms with Crippen LogP contribution in [0.1, 0.15) is 59.8 Å². The first-order chi connectivity index (χ1) is 9.38. The number of aliphatic hydroxyl groups excluding tert-OH is 1. The van der Waals surface area contributed by atoms with Crippen LogP contribution in [0.3, 0.4) is 0 Å². The van der Waals surface area contributed by atoms with Crippen LogP contribution in [0, 0.1) is 16.7 Å². The molecule has 0 radical (unpaired) electrons. The van der Waals surface area contributed by atoms with Gasteiger partial charge in [-0.1, -0.05) is 51.5 Å². The topological polar surface area (TPSA) is 20.2 Å². The minimum atomic E-state index is -0.237. The molecule has 1 heteroatoms. The third-order valence-electron chi connectivity index (χ3n) is 6.14. The molecule has 0 aromatic rings. The molecule has 0 aromatic carbocycles. The lowest BCUT2D eigenvalue weighted by molar-refractivity contribution is 0.0412. The van der Waals surface area contributed by atoms with Gasteiger partial charge >= 0.3 is 0 Å². The first kappa shape index (κ1) is 14.1. The third-order valence-corrected chi connectivity index (χ3v) is 6.14. The van der Waals surface area contributed by atoms with E-state index in [1.165, 1.54) is 24.8 Å². The fourth-order valence-electron chi connectivity index (χ4n) is 4.58. The summed E-state index contributed by atoms with van der Waals surface area (Å²) < 4.78 is 0. The van der Waals surface area contributed by atoms with E-state index in [1.807, 2.05) is 0 Å². The Balaban J connectivity index is 2.18. The maximum atomic E-state index is 10.7. The van der Waals surface area contributed by atoms with Crippen molar-refractivity contribution in [3.8, 4) is 0 Å². The standard InChI is InChI=1S/C19H28O/c1-13(2)14-9-10-18(3)11-12-19(4)15(17(14)18)7-5-6-8-16(19)20/h5-7,13,16,20H,8-12H2,1-4H3. The maximum absolute atomic E-state index is 10.7.